The van der Waals surface area contributed by atoms with Crippen molar-refractivity contribution >= 4 is 47.0 Å². The fraction of sp³-hybridized carbons (Fsp3) is 0.270. The molecular weight excluding hydrogens is 1070 g/mol. The van der Waals surface area contributed by atoms with Crippen molar-refractivity contribution in [3.05, 3.63) is 179 Å². The van der Waals surface area contributed by atoms with Gasteiger partial charge in [0.05, 0.1) is 42.5 Å². The summed E-state index contributed by atoms with van der Waals surface area (Å²) in [6, 6.07) is 41.6. The Morgan fingerprint density at radius 3 is 1.27 bits per heavy atom. The van der Waals surface area contributed by atoms with Crippen LogP contribution in [-0.4, -0.2) is 85.7 Å². The molecule has 3 N–H and O–H groups in total. The van der Waals surface area contributed by atoms with Gasteiger partial charge in [-0.1, -0.05) is 71.8 Å². The number of amides is 2. The zero-order valence-corrected chi connectivity index (χ0v) is 48.5. The molecule has 0 fully saturated rings. The third-order valence-electron chi connectivity index (χ3n) is 11.7. The minimum atomic E-state index is -0.966. The number of aromatic nitrogens is 4. The van der Waals surface area contributed by atoms with Gasteiger partial charge in [0.1, 0.15) is 40.0 Å². The van der Waals surface area contributed by atoms with Crippen LogP contribution >= 0.6 is 23.2 Å². The van der Waals surface area contributed by atoms with E-state index >= 15 is 0 Å². The number of rotatable bonds is 20. The lowest BCUT2D eigenvalue weighted by molar-refractivity contribution is -0.154. The van der Waals surface area contributed by atoms with Gasteiger partial charge < -0.3 is 39.4 Å². The normalized spacial score (nSPS) is 10.8. The SMILES string of the molecule is CCOc1ccc(C)cc1-n1cc(-c2ccc(C)cc2)c(Oc2ccc(C(=O)NCCC(=O)O)cc2)n1.CCOc1ccc(C)cc1-n1cc(-c2ccc(C)cc2)c(Oc2ccc(C(=O)NCCC(=O)OC(C)(C)C)cc2)n1.ClCCl. The Hall–Kier alpha value is -8.60. The summed E-state index contributed by atoms with van der Waals surface area (Å²) in [6.07, 6.45) is 3.81. The van der Waals surface area contributed by atoms with Gasteiger partial charge in [-0.15, -0.1) is 33.4 Å². The van der Waals surface area contributed by atoms with Gasteiger partial charge >= 0.3 is 11.9 Å². The maximum Gasteiger partial charge on any atom is 0.308 e. The molecule has 2 heterocycles. The molecule has 2 aromatic heterocycles. The second-order valence-electron chi connectivity index (χ2n) is 19.5. The summed E-state index contributed by atoms with van der Waals surface area (Å²) in [5, 5.41) is 23.8. The van der Waals surface area contributed by atoms with Crippen LogP contribution in [0.3, 0.4) is 0 Å². The molecule has 81 heavy (non-hydrogen) atoms. The molecule has 18 heteroatoms. The van der Waals surface area contributed by atoms with Crippen molar-refractivity contribution < 1.29 is 48.0 Å². The van der Waals surface area contributed by atoms with Crippen molar-refractivity contribution in [2.24, 2.45) is 0 Å². The molecule has 0 aliphatic heterocycles. The van der Waals surface area contributed by atoms with E-state index < -0.39 is 11.6 Å². The third-order valence-corrected chi connectivity index (χ3v) is 11.7. The molecule has 0 spiro atoms. The molecule has 0 saturated heterocycles. The molecule has 0 saturated carbocycles. The van der Waals surface area contributed by atoms with E-state index in [-0.39, 0.29) is 49.1 Å². The molecule has 8 rings (SSSR count). The summed E-state index contributed by atoms with van der Waals surface area (Å²) in [4.78, 5) is 47.4. The second-order valence-corrected chi connectivity index (χ2v) is 20.3. The minimum absolute atomic E-state index is 0.0620. The van der Waals surface area contributed by atoms with Crippen molar-refractivity contribution in [1.82, 2.24) is 30.2 Å². The molecule has 0 bridgehead atoms. The third kappa shape index (κ3) is 18.5. The first kappa shape index (κ1) is 61.6. The average Bonchev–Trinajstić information content (AvgIpc) is 4.12. The Bertz CT molecular complexity index is 3370. The van der Waals surface area contributed by atoms with Crippen LogP contribution in [0.15, 0.2) is 146 Å². The van der Waals surface area contributed by atoms with E-state index in [0.717, 1.165) is 67.4 Å². The van der Waals surface area contributed by atoms with Gasteiger partial charge in [0, 0.05) is 36.6 Å². The number of benzene rings is 6. The van der Waals surface area contributed by atoms with Gasteiger partial charge in [-0.3, -0.25) is 19.2 Å². The van der Waals surface area contributed by atoms with Crippen molar-refractivity contribution in [2.75, 3.05) is 31.6 Å². The number of aryl methyl sites for hydroxylation is 4. The minimum Gasteiger partial charge on any atom is -0.492 e. The van der Waals surface area contributed by atoms with Crippen LogP contribution in [0.2, 0.25) is 0 Å². The van der Waals surface area contributed by atoms with Gasteiger partial charge in [0.25, 0.3) is 11.8 Å². The maximum absolute atomic E-state index is 12.6. The van der Waals surface area contributed by atoms with E-state index in [0.29, 0.717) is 47.6 Å². The molecule has 0 atom stereocenters. The fourth-order valence-electron chi connectivity index (χ4n) is 7.87. The van der Waals surface area contributed by atoms with Crippen LogP contribution in [0.5, 0.6) is 34.8 Å². The molecule has 6 aromatic carbocycles. The Kier molecular flexibility index (Phi) is 22.5. The Labute approximate surface area is 482 Å². The number of hydrogen-bond acceptors (Lipinski definition) is 11. The Balaban J connectivity index is 0.000000250. The van der Waals surface area contributed by atoms with Gasteiger partial charge in [-0.05, 0) is 157 Å². The van der Waals surface area contributed by atoms with Gasteiger partial charge in [0.15, 0.2) is 0 Å². The lowest BCUT2D eigenvalue weighted by Gasteiger charge is -2.19. The molecule has 16 nitrogen and oxygen atoms in total. The number of carboxylic acids is 1. The van der Waals surface area contributed by atoms with Crippen LogP contribution in [0.4, 0.5) is 0 Å². The molecule has 0 aliphatic carbocycles. The summed E-state index contributed by atoms with van der Waals surface area (Å²) in [5.74, 6) is 1.36. The Morgan fingerprint density at radius 1 is 0.543 bits per heavy atom. The van der Waals surface area contributed by atoms with E-state index in [1.807, 2.05) is 160 Å². The number of alkyl halides is 2. The van der Waals surface area contributed by atoms with Crippen molar-refractivity contribution in [2.45, 2.75) is 80.8 Å². The predicted molar refractivity (Wildman–Crippen MR) is 316 cm³/mol. The largest absolute Gasteiger partial charge is 0.492 e. The van der Waals surface area contributed by atoms with Crippen molar-refractivity contribution in [3.8, 4) is 68.4 Å². The first-order valence-corrected chi connectivity index (χ1v) is 27.3. The smallest absolute Gasteiger partial charge is 0.308 e. The van der Waals surface area contributed by atoms with E-state index in [9.17, 15) is 19.2 Å². The van der Waals surface area contributed by atoms with E-state index in [2.05, 4.69) is 10.6 Å². The molecule has 0 unspecified atom stereocenters. The summed E-state index contributed by atoms with van der Waals surface area (Å²) in [5.41, 5.74) is 9.91. The highest BCUT2D eigenvalue weighted by Gasteiger charge is 2.21. The van der Waals surface area contributed by atoms with E-state index in [1.165, 1.54) is 0 Å². The average molecular weight is 1140 g/mol. The summed E-state index contributed by atoms with van der Waals surface area (Å²) in [7, 11) is 0. The van der Waals surface area contributed by atoms with E-state index in [1.54, 1.807) is 57.9 Å². The molecule has 424 valence electrons. The number of nitrogens with zero attached hydrogens (tertiary/aromatic N) is 4. The topological polar surface area (TPSA) is 194 Å². The fourth-order valence-corrected chi connectivity index (χ4v) is 7.87. The molecule has 8 aromatic rings. The van der Waals surface area contributed by atoms with Crippen LogP contribution < -0.4 is 29.6 Å². The van der Waals surface area contributed by atoms with Crippen LogP contribution in [0.25, 0.3) is 33.6 Å². The first-order valence-electron chi connectivity index (χ1n) is 26.3. The maximum atomic E-state index is 12.6. The standard InChI is InChI=1S/C33H37N3O5.C29H29N3O5.CH2Cl2/c1-7-39-29-17-10-23(3)20-28(29)36-21-27(24-11-8-22(2)9-12-24)32(35-36)40-26-15-13-25(14-16-26)31(38)34-19-18-30(37)41-33(4,5)6;1-4-36-26-14-7-20(3)17-25(26)32-18-24(21-8-5-19(2)6-9-21)29(31-32)37-23-12-10-22(11-13-23)28(35)30-16-15-27(33)34;2-1-3/h8-17,20-21H,7,18-19H2,1-6H3,(H,34,38);5-14,17-18H,4,15-16H2,1-3H3,(H,30,35)(H,33,34);1H2. The quantitative estimate of drug-likeness (QED) is 0.0483. The number of halogens is 2. The monoisotopic (exact) mass is 1140 g/mol. The molecule has 0 aliphatic rings. The number of carbonyl (C=O) groups is 4. The highest BCUT2D eigenvalue weighted by atomic mass is 35.5. The number of esters is 1. The summed E-state index contributed by atoms with van der Waals surface area (Å²) in [6.45, 7) is 18.7. The summed E-state index contributed by atoms with van der Waals surface area (Å²) < 4.78 is 33.0. The predicted octanol–water partition coefficient (Wildman–Crippen LogP) is 13.8. The van der Waals surface area contributed by atoms with Crippen LogP contribution in [-0.2, 0) is 14.3 Å². The molecule has 2 amide bonds. The summed E-state index contributed by atoms with van der Waals surface area (Å²) >= 11 is 9.53. The zero-order chi connectivity index (χ0) is 58.6. The van der Waals surface area contributed by atoms with Crippen molar-refractivity contribution in [1.29, 1.82) is 0 Å². The van der Waals surface area contributed by atoms with Gasteiger partial charge in [-0.25, -0.2) is 9.36 Å². The second kappa shape index (κ2) is 29.6. The molecular formula is C63H68Cl2N6O10. The van der Waals surface area contributed by atoms with E-state index in [4.69, 9.17) is 62.2 Å². The highest BCUT2D eigenvalue weighted by Crippen LogP contribution is 2.37. The number of ether oxygens (including phenoxy) is 5. The lowest BCUT2D eigenvalue weighted by atomic mass is 10.1. The number of nitrogens with one attached hydrogen (secondary N) is 2. The first-order chi connectivity index (χ1) is 38.8. The number of hydrogen-bond donors (Lipinski definition) is 3. The zero-order valence-electron chi connectivity index (χ0n) is 47.0. The molecule has 0 radical (unpaired) electrons. The van der Waals surface area contributed by atoms with Crippen LogP contribution in [0, 0.1) is 27.7 Å². The number of carboxylic acid groups (broad SMARTS) is 1. The number of aliphatic carboxylic acids is 1. The Morgan fingerprint density at radius 2 is 0.914 bits per heavy atom. The number of carbonyl (C=O) groups excluding carboxylic acids is 3. The van der Waals surface area contributed by atoms with Crippen molar-refractivity contribution in [3.63, 3.8) is 0 Å². The lowest BCUT2D eigenvalue weighted by Crippen LogP contribution is -2.29. The van der Waals surface area contributed by atoms with Gasteiger partial charge in [0.2, 0.25) is 11.8 Å². The van der Waals surface area contributed by atoms with Crippen LogP contribution in [0.1, 0.15) is 90.4 Å². The highest BCUT2D eigenvalue weighted by molar-refractivity contribution is 6.40. The van der Waals surface area contributed by atoms with Gasteiger partial charge in [-0.2, -0.15) is 0 Å².